The molecule has 2 heterocycles. The number of aromatic nitrogens is 3. The molecule has 0 saturated carbocycles. The van der Waals surface area contributed by atoms with Crippen molar-refractivity contribution in [2.75, 3.05) is 13.1 Å². The van der Waals surface area contributed by atoms with E-state index in [-0.39, 0.29) is 0 Å². The van der Waals surface area contributed by atoms with E-state index in [1.165, 1.54) is 6.42 Å². The SMILES string of the molecule is CCC1CNC(C)CN1Cc1ncnn1C. The Morgan fingerprint density at radius 1 is 1.56 bits per heavy atom. The van der Waals surface area contributed by atoms with E-state index >= 15 is 0 Å². The molecule has 1 aliphatic rings. The molecule has 2 unspecified atom stereocenters. The lowest BCUT2D eigenvalue weighted by Crippen LogP contribution is -2.54. The number of nitrogens with zero attached hydrogens (tertiary/aromatic N) is 4. The first-order valence-electron chi connectivity index (χ1n) is 6.01. The molecule has 0 amide bonds. The smallest absolute Gasteiger partial charge is 0.140 e. The van der Waals surface area contributed by atoms with Gasteiger partial charge in [0, 0.05) is 32.2 Å². The van der Waals surface area contributed by atoms with Gasteiger partial charge in [-0.2, -0.15) is 5.10 Å². The largest absolute Gasteiger partial charge is 0.311 e. The summed E-state index contributed by atoms with van der Waals surface area (Å²) in [5.74, 6) is 1.05. The van der Waals surface area contributed by atoms with E-state index in [4.69, 9.17) is 0 Å². The number of hydrogen-bond donors (Lipinski definition) is 1. The molecule has 5 nitrogen and oxygen atoms in total. The van der Waals surface area contributed by atoms with Gasteiger partial charge in [0.1, 0.15) is 12.2 Å². The summed E-state index contributed by atoms with van der Waals surface area (Å²) in [5, 5.41) is 7.64. The van der Waals surface area contributed by atoms with Crippen LogP contribution in [0.1, 0.15) is 26.1 Å². The van der Waals surface area contributed by atoms with Crippen LogP contribution in [-0.4, -0.2) is 44.8 Å². The fraction of sp³-hybridized carbons (Fsp3) is 0.818. The van der Waals surface area contributed by atoms with Crippen molar-refractivity contribution in [1.82, 2.24) is 25.0 Å². The zero-order valence-electron chi connectivity index (χ0n) is 10.3. The quantitative estimate of drug-likeness (QED) is 0.805. The summed E-state index contributed by atoms with van der Waals surface area (Å²) >= 11 is 0. The highest BCUT2D eigenvalue weighted by atomic mass is 15.3. The van der Waals surface area contributed by atoms with Crippen LogP contribution in [0.2, 0.25) is 0 Å². The lowest BCUT2D eigenvalue weighted by molar-refractivity contribution is 0.119. The summed E-state index contributed by atoms with van der Waals surface area (Å²) in [6, 6.07) is 1.18. The maximum Gasteiger partial charge on any atom is 0.140 e. The van der Waals surface area contributed by atoms with Crippen LogP contribution in [0.3, 0.4) is 0 Å². The molecule has 1 aliphatic heterocycles. The van der Waals surface area contributed by atoms with Gasteiger partial charge < -0.3 is 5.32 Å². The van der Waals surface area contributed by atoms with Crippen molar-refractivity contribution in [3.05, 3.63) is 12.2 Å². The third kappa shape index (κ3) is 2.41. The van der Waals surface area contributed by atoms with Gasteiger partial charge in [0.05, 0.1) is 6.54 Å². The molecule has 2 rings (SSSR count). The minimum Gasteiger partial charge on any atom is -0.311 e. The molecule has 0 aliphatic carbocycles. The summed E-state index contributed by atoms with van der Waals surface area (Å²) in [7, 11) is 1.95. The standard InChI is InChI=1S/C11H21N5/c1-4-10-5-12-9(2)6-16(10)7-11-13-8-14-15(11)3/h8-10,12H,4-7H2,1-3H3. The highest BCUT2D eigenvalue weighted by Gasteiger charge is 2.25. The van der Waals surface area contributed by atoms with Crippen molar-refractivity contribution in [1.29, 1.82) is 0 Å². The zero-order valence-corrected chi connectivity index (χ0v) is 10.3. The summed E-state index contributed by atoms with van der Waals surface area (Å²) in [6.45, 7) is 7.55. The summed E-state index contributed by atoms with van der Waals surface area (Å²) in [5.41, 5.74) is 0. The monoisotopic (exact) mass is 223 g/mol. The number of aryl methyl sites for hydroxylation is 1. The van der Waals surface area contributed by atoms with E-state index in [1.807, 2.05) is 11.7 Å². The molecule has 2 atom stereocenters. The molecule has 0 radical (unpaired) electrons. The Balaban J connectivity index is 2.03. The van der Waals surface area contributed by atoms with E-state index in [9.17, 15) is 0 Å². The van der Waals surface area contributed by atoms with Crippen LogP contribution in [0.15, 0.2) is 6.33 Å². The first-order chi connectivity index (χ1) is 7.70. The van der Waals surface area contributed by atoms with E-state index in [1.54, 1.807) is 6.33 Å². The van der Waals surface area contributed by atoms with Crippen molar-refractivity contribution in [2.24, 2.45) is 7.05 Å². The third-order valence-electron chi connectivity index (χ3n) is 3.35. The number of nitrogens with one attached hydrogen (secondary N) is 1. The molecule has 0 spiro atoms. The van der Waals surface area contributed by atoms with E-state index < -0.39 is 0 Å². The van der Waals surface area contributed by atoms with E-state index in [0.717, 1.165) is 25.5 Å². The minimum atomic E-state index is 0.566. The Hall–Kier alpha value is -0.940. The topological polar surface area (TPSA) is 46.0 Å². The summed E-state index contributed by atoms with van der Waals surface area (Å²) < 4.78 is 1.86. The maximum absolute atomic E-state index is 4.29. The Bertz CT molecular complexity index is 335. The van der Waals surface area contributed by atoms with Gasteiger partial charge in [0.2, 0.25) is 0 Å². The molecule has 90 valence electrons. The molecule has 1 aromatic heterocycles. The van der Waals surface area contributed by atoms with Crippen molar-refractivity contribution in [3.63, 3.8) is 0 Å². The lowest BCUT2D eigenvalue weighted by Gasteiger charge is -2.38. The maximum atomic E-state index is 4.29. The van der Waals surface area contributed by atoms with Crippen LogP contribution in [0.4, 0.5) is 0 Å². The molecule has 1 fully saturated rings. The predicted octanol–water partition coefficient (Wildman–Crippen LogP) is 0.387. The molecule has 1 aromatic rings. The van der Waals surface area contributed by atoms with Gasteiger partial charge in [-0.15, -0.1) is 0 Å². The van der Waals surface area contributed by atoms with Crippen molar-refractivity contribution in [3.8, 4) is 0 Å². The van der Waals surface area contributed by atoms with Gasteiger partial charge >= 0.3 is 0 Å². The zero-order chi connectivity index (χ0) is 11.5. The number of rotatable bonds is 3. The Morgan fingerprint density at radius 2 is 2.38 bits per heavy atom. The second-order valence-electron chi connectivity index (χ2n) is 4.60. The van der Waals surface area contributed by atoms with Crippen molar-refractivity contribution < 1.29 is 0 Å². The first kappa shape index (κ1) is 11.5. The highest BCUT2D eigenvalue weighted by Crippen LogP contribution is 2.13. The molecule has 1 saturated heterocycles. The molecule has 0 aromatic carbocycles. The first-order valence-corrected chi connectivity index (χ1v) is 6.01. The van der Waals surface area contributed by atoms with Crippen LogP contribution >= 0.6 is 0 Å². The summed E-state index contributed by atoms with van der Waals surface area (Å²) in [4.78, 5) is 6.80. The third-order valence-corrected chi connectivity index (χ3v) is 3.35. The summed E-state index contributed by atoms with van der Waals surface area (Å²) in [6.07, 6.45) is 2.81. The molecule has 0 bridgehead atoms. The highest BCUT2D eigenvalue weighted by molar-refractivity contribution is 4.89. The second-order valence-corrected chi connectivity index (χ2v) is 4.60. The number of piperazine rings is 1. The Morgan fingerprint density at radius 3 is 3.00 bits per heavy atom. The van der Waals surface area contributed by atoms with Crippen LogP contribution < -0.4 is 5.32 Å². The van der Waals surface area contributed by atoms with Gasteiger partial charge in [0.25, 0.3) is 0 Å². The fourth-order valence-electron chi connectivity index (χ4n) is 2.27. The second kappa shape index (κ2) is 4.93. The molecule has 1 N–H and O–H groups in total. The molecular weight excluding hydrogens is 202 g/mol. The normalized spacial score (nSPS) is 27.2. The predicted molar refractivity (Wildman–Crippen MR) is 63.0 cm³/mol. The van der Waals surface area contributed by atoms with Crippen LogP contribution in [0.25, 0.3) is 0 Å². The van der Waals surface area contributed by atoms with Gasteiger partial charge in [-0.1, -0.05) is 6.92 Å². The van der Waals surface area contributed by atoms with Gasteiger partial charge in [-0.3, -0.25) is 9.58 Å². The average Bonchev–Trinajstić information content (AvgIpc) is 2.65. The van der Waals surface area contributed by atoms with Crippen molar-refractivity contribution >= 4 is 0 Å². The van der Waals surface area contributed by atoms with Crippen molar-refractivity contribution in [2.45, 2.75) is 38.9 Å². The van der Waals surface area contributed by atoms with E-state index in [0.29, 0.717) is 12.1 Å². The molecular formula is C11H21N5. The Kier molecular flexibility index (Phi) is 3.56. The average molecular weight is 223 g/mol. The van der Waals surface area contributed by atoms with Crippen LogP contribution in [0, 0.1) is 0 Å². The Labute approximate surface area is 96.8 Å². The van der Waals surface area contributed by atoms with Gasteiger partial charge in [-0.05, 0) is 13.3 Å². The molecule has 16 heavy (non-hydrogen) atoms. The van der Waals surface area contributed by atoms with Crippen LogP contribution in [-0.2, 0) is 13.6 Å². The minimum absolute atomic E-state index is 0.566. The lowest BCUT2D eigenvalue weighted by atomic mass is 10.1. The molecule has 5 heteroatoms. The fourth-order valence-corrected chi connectivity index (χ4v) is 2.27. The number of hydrogen-bond acceptors (Lipinski definition) is 4. The van der Waals surface area contributed by atoms with Gasteiger partial charge in [0.15, 0.2) is 0 Å². The van der Waals surface area contributed by atoms with E-state index in [2.05, 4.69) is 34.1 Å². The van der Waals surface area contributed by atoms with Gasteiger partial charge in [-0.25, -0.2) is 4.98 Å². The van der Waals surface area contributed by atoms with Crippen LogP contribution in [0.5, 0.6) is 0 Å².